The SMILES string of the molecule is Cc1ccc(N)cc1C(=O)N(C)C1CCCN(C)C1. The number of carbonyl (C=O) groups excluding carboxylic acids is 1. The van der Waals surface area contributed by atoms with E-state index >= 15 is 0 Å². The van der Waals surface area contributed by atoms with Crippen molar-refractivity contribution in [3.8, 4) is 0 Å². The van der Waals surface area contributed by atoms with Gasteiger partial charge in [-0.2, -0.15) is 0 Å². The minimum atomic E-state index is 0.0742. The number of hydrogen-bond acceptors (Lipinski definition) is 3. The molecule has 2 rings (SSSR count). The molecule has 1 aromatic rings. The van der Waals surface area contributed by atoms with Crippen LogP contribution < -0.4 is 5.73 Å². The van der Waals surface area contributed by atoms with Gasteiger partial charge in [-0.25, -0.2) is 0 Å². The quantitative estimate of drug-likeness (QED) is 0.825. The van der Waals surface area contributed by atoms with Crippen molar-refractivity contribution in [1.82, 2.24) is 9.80 Å². The zero-order valence-electron chi connectivity index (χ0n) is 12.0. The first-order valence-corrected chi connectivity index (χ1v) is 6.81. The van der Waals surface area contributed by atoms with Crippen LogP contribution in [-0.4, -0.2) is 48.9 Å². The molecule has 0 radical (unpaired) electrons. The van der Waals surface area contributed by atoms with E-state index in [1.165, 1.54) is 0 Å². The molecule has 4 heteroatoms. The van der Waals surface area contributed by atoms with Gasteiger partial charge in [-0.1, -0.05) is 6.07 Å². The molecule has 19 heavy (non-hydrogen) atoms. The Labute approximate surface area is 115 Å². The Bertz CT molecular complexity index is 472. The Morgan fingerprint density at radius 2 is 2.21 bits per heavy atom. The number of hydrogen-bond donors (Lipinski definition) is 1. The number of benzene rings is 1. The number of rotatable bonds is 2. The maximum absolute atomic E-state index is 12.6. The number of aryl methyl sites for hydroxylation is 1. The van der Waals surface area contributed by atoms with Crippen molar-refractivity contribution < 1.29 is 4.79 Å². The first-order chi connectivity index (χ1) is 8.99. The zero-order valence-corrected chi connectivity index (χ0v) is 12.0. The van der Waals surface area contributed by atoms with Crippen molar-refractivity contribution in [3.05, 3.63) is 29.3 Å². The molecule has 0 saturated carbocycles. The van der Waals surface area contributed by atoms with Gasteiger partial charge in [-0.05, 0) is 51.1 Å². The van der Waals surface area contributed by atoms with Crippen LogP contribution in [0.4, 0.5) is 5.69 Å². The second kappa shape index (κ2) is 5.61. The van der Waals surface area contributed by atoms with Gasteiger partial charge in [0, 0.05) is 30.9 Å². The number of nitrogens with zero attached hydrogens (tertiary/aromatic N) is 2. The molecule has 1 atom stereocenters. The van der Waals surface area contributed by atoms with Crippen LogP contribution in [-0.2, 0) is 0 Å². The van der Waals surface area contributed by atoms with Gasteiger partial charge in [0.15, 0.2) is 0 Å². The smallest absolute Gasteiger partial charge is 0.254 e. The van der Waals surface area contributed by atoms with Gasteiger partial charge in [0.1, 0.15) is 0 Å². The minimum Gasteiger partial charge on any atom is -0.399 e. The Morgan fingerprint density at radius 3 is 2.89 bits per heavy atom. The highest BCUT2D eigenvalue weighted by molar-refractivity contribution is 5.96. The second-order valence-corrected chi connectivity index (χ2v) is 5.55. The van der Waals surface area contributed by atoms with Crippen molar-refractivity contribution in [2.75, 3.05) is 32.9 Å². The number of nitrogen functional groups attached to an aromatic ring is 1. The zero-order chi connectivity index (χ0) is 14.0. The van der Waals surface area contributed by atoms with Gasteiger partial charge in [0.25, 0.3) is 5.91 Å². The number of carbonyl (C=O) groups is 1. The summed E-state index contributed by atoms with van der Waals surface area (Å²) in [7, 11) is 4.00. The predicted molar refractivity (Wildman–Crippen MR) is 78.2 cm³/mol. The molecule has 0 bridgehead atoms. The van der Waals surface area contributed by atoms with Crippen LogP contribution in [0.15, 0.2) is 18.2 Å². The molecule has 4 nitrogen and oxygen atoms in total. The number of nitrogens with two attached hydrogens (primary N) is 1. The summed E-state index contributed by atoms with van der Waals surface area (Å²) in [5.41, 5.74) is 8.13. The van der Waals surface area contributed by atoms with Crippen LogP contribution in [0, 0.1) is 6.92 Å². The summed E-state index contributed by atoms with van der Waals surface area (Å²) < 4.78 is 0. The van der Waals surface area contributed by atoms with E-state index in [2.05, 4.69) is 11.9 Å². The summed E-state index contributed by atoms with van der Waals surface area (Å²) in [5.74, 6) is 0.0742. The van der Waals surface area contributed by atoms with E-state index in [1.807, 2.05) is 31.0 Å². The lowest BCUT2D eigenvalue weighted by atomic mass is 10.0. The van der Waals surface area contributed by atoms with E-state index < -0.39 is 0 Å². The maximum atomic E-state index is 12.6. The van der Waals surface area contributed by atoms with Crippen molar-refractivity contribution >= 4 is 11.6 Å². The lowest BCUT2D eigenvalue weighted by Gasteiger charge is -2.36. The molecule has 1 fully saturated rings. The summed E-state index contributed by atoms with van der Waals surface area (Å²) in [6, 6.07) is 5.82. The normalized spacial score (nSPS) is 20.3. The van der Waals surface area contributed by atoms with Crippen molar-refractivity contribution in [2.24, 2.45) is 0 Å². The van der Waals surface area contributed by atoms with Gasteiger partial charge < -0.3 is 15.5 Å². The molecule has 0 aliphatic carbocycles. The third-order valence-electron chi connectivity index (χ3n) is 3.96. The largest absolute Gasteiger partial charge is 0.399 e. The van der Waals surface area contributed by atoms with E-state index in [0.29, 0.717) is 11.7 Å². The molecule has 1 aliphatic rings. The first kappa shape index (κ1) is 13.9. The standard InChI is InChI=1S/C15H23N3O/c1-11-6-7-12(16)9-14(11)15(19)18(3)13-5-4-8-17(2)10-13/h6-7,9,13H,4-5,8,10,16H2,1-3H3. The van der Waals surface area contributed by atoms with Crippen molar-refractivity contribution in [2.45, 2.75) is 25.8 Å². The summed E-state index contributed by atoms with van der Waals surface area (Å²) in [5, 5.41) is 0. The van der Waals surface area contributed by atoms with Gasteiger partial charge in [0.2, 0.25) is 0 Å². The molecule has 0 aromatic heterocycles. The summed E-state index contributed by atoms with van der Waals surface area (Å²) >= 11 is 0. The molecule has 1 amide bonds. The van der Waals surface area contributed by atoms with Gasteiger partial charge in [-0.3, -0.25) is 4.79 Å². The third kappa shape index (κ3) is 3.07. The van der Waals surface area contributed by atoms with Crippen LogP contribution >= 0.6 is 0 Å². The summed E-state index contributed by atoms with van der Waals surface area (Å²) in [6.07, 6.45) is 2.22. The highest BCUT2D eigenvalue weighted by Crippen LogP contribution is 2.19. The van der Waals surface area contributed by atoms with Crippen LogP contribution in [0.25, 0.3) is 0 Å². The second-order valence-electron chi connectivity index (χ2n) is 5.55. The first-order valence-electron chi connectivity index (χ1n) is 6.81. The van der Waals surface area contributed by atoms with E-state index in [9.17, 15) is 4.79 Å². The van der Waals surface area contributed by atoms with E-state index in [1.54, 1.807) is 6.07 Å². The maximum Gasteiger partial charge on any atom is 0.254 e. The molecule has 1 aromatic carbocycles. The summed E-state index contributed by atoms with van der Waals surface area (Å²) in [4.78, 5) is 16.7. The number of likely N-dealkylation sites (N-methyl/N-ethyl adjacent to an activating group) is 2. The third-order valence-corrected chi connectivity index (χ3v) is 3.96. The van der Waals surface area contributed by atoms with Crippen LogP contribution in [0.1, 0.15) is 28.8 Å². The van der Waals surface area contributed by atoms with Crippen LogP contribution in [0.3, 0.4) is 0 Å². The minimum absolute atomic E-state index is 0.0742. The monoisotopic (exact) mass is 261 g/mol. The average Bonchev–Trinajstić information content (AvgIpc) is 2.40. The fourth-order valence-electron chi connectivity index (χ4n) is 2.68. The molecule has 1 unspecified atom stereocenters. The Balaban J connectivity index is 2.16. The topological polar surface area (TPSA) is 49.6 Å². The molecule has 1 saturated heterocycles. The van der Waals surface area contributed by atoms with Gasteiger partial charge >= 0.3 is 0 Å². The molecular formula is C15H23N3O. The lowest BCUT2D eigenvalue weighted by Crippen LogP contribution is -2.47. The molecule has 1 heterocycles. The summed E-state index contributed by atoms with van der Waals surface area (Å²) in [6.45, 7) is 4.02. The Kier molecular flexibility index (Phi) is 4.10. The van der Waals surface area contributed by atoms with Crippen molar-refractivity contribution in [1.29, 1.82) is 0 Å². The fraction of sp³-hybridized carbons (Fsp3) is 0.533. The molecular weight excluding hydrogens is 238 g/mol. The molecule has 104 valence electrons. The van der Waals surface area contributed by atoms with Crippen LogP contribution in [0.2, 0.25) is 0 Å². The average molecular weight is 261 g/mol. The Hall–Kier alpha value is -1.55. The van der Waals surface area contributed by atoms with E-state index in [-0.39, 0.29) is 5.91 Å². The Morgan fingerprint density at radius 1 is 1.47 bits per heavy atom. The highest BCUT2D eigenvalue weighted by atomic mass is 16.2. The van der Waals surface area contributed by atoms with Gasteiger partial charge in [0.05, 0.1) is 0 Å². The molecule has 1 aliphatic heterocycles. The van der Waals surface area contributed by atoms with Crippen molar-refractivity contribution in [3.63, 3.8) is 0 Å². The fourth-order valence-corrected chi connectivity index (χ4v) is 2.68. The number of amides is 1. The number of anilines is 1. The van der Waals surface area contributed by atoms with Gasteiger partial charge in [-0.15, -0.1) is 0 Å². The lowest BCUT2D eigenvalue weighted by molar-refractivity contribution is 0.0643. The van der Waals surface area contributed by atoms with E-state index in [4.69, 9.17) is 5.73 Å². The van der Waals surface area contributed by atoms with E-state index in [0.717, 1.165) is 37.1 Å². The predicted octanol–water partition coefficient (Wildman–Crippen LogP) is 1.74. The molecule has 0 spiro atoms. The van der Waals surface area contributed by atoms with Crippen LogP contribution in [0.5, 0.6) is 0 Å². The molecule has 2 N–H and O–H groups in total. The highest BCUT2D eigenvalue weighted by Gasteiger charge is 2.25. The number of piperidine rings is 1. The number of likely N-dealkylation sites (tertiary alicyclic amines) is 1.